The summed E-state index contributed by atoms with van der Waals surface area (Å²) in [4.78, 5) is 24.6. The van der Waals surface area contributed by atoms with E-state index in [-0.39, 0.29) is 18.2 Å². The number of anilines is 1. The van der Waals surface area contributed by atoms with Gasteiger partial charge in [0.15, 0.2) is 5.65 Å². The number of nitrogens with two attached hydrogens (primary N) is 2. The Kier molecular flexibility index (Phi) is 6.06. The first-order chi connectivity index (χ1) is 15.3. The minimum Gasteiger partial charge on any atom is -0.378 e. The molecule has 1 amide bonds. The molecule has 0 atom stereocenters. The van der Waals surface area contributed by atoms with Crippen LogP contribution in [0.5, 0.6) is 0 Å². The van der Waals surface area contributed by atoms with E-state index >= 15 is 0 Å². The van der Waals surface area contributed by atoms with E-state index < -0.39 is 17.3 Å². The molecule has 0 unspecified atom stereocenters. The molecule has 2 heterocycles. The topological polar surface area (TPSA) is 133 Å². The van der Waals surface area contributed by atoms with Crippen LogP contribution in [0.25, 0.3) is 22.4 Å². The van der Waals surface area contributed by atoms with Crippen molar-refractivity contribution < 1.29 is 14.3 Å². The summed E-state index contributed by atoms with van der Waals surface area (Å²) in [7, 11) is 0. The van der Waals surface area contributed by atoms with Gasteiger partial charge in [-0.2, -0.15) is 0 Å². The molecule has 8 nitrogen and oxygen atoms in total. The number of hydrogen-bond donors (Lipinski definition) is 3. The van der Waals surface area contributed by atoms with Crippen molar-refractivity contribution in [3.63, 3.8) is 0 Å². The Labute approximate surface area is 184 Å². The molecule has 9 heteroatoms. The van der Waals surface area contributed by atoms with Gasteiger partial charge in [0.1, 0.15) is 22.6 Å². The third kappa shape index (κ3) is 4.70. The summed E-state index contributed by atoms with van der Waals surface area (Å²) >= 11 is 0. The Morgan fingerprint density at radius 3 is 2.72 bits per heavy atom. The van der Waals surface area contributed by atoms with Gasteiger partial charge < -0.3 is 16.6 Å². The molecule has 0 aliphatic heterocycles. The number of halogens is 1. The van der Waals surface area contributed by atoms with E-state index in [1.165, 1.54) is 12.1 Å². The van der Waals surface area contributed by atoms with Crippen molar-refractivity contribution >= 4 is 23.0 Å². The Balaban J connectivity index is 1.82. The highest BCUT2D eigenvalue weighted by atomic mass is 19.1. The maximum absolute atomic E-state index is 13.9. The molecule has 166 valence electrons. The van der Waals surface area contributed by atoms with Crippen LogP contribution in [0.2, 0.25) is 0 Å². The van der Waals surface area contributed by atoms with Gasteiger partial charge in [0.2, 0.25) is 17.7 Å². The second kappa shape index (κ2) is 8.93. The van der Waals surface area contributed by atoms with Crippen molar-refractivity contribution in [3.05, 3.63) is 35.9 Å². The summed E-state index contributed by atoms with van der Waals surface area (Å²) in [6, 6.07) is 6.01. The van der Waals surface area contributed by atoms with Crippen molar-refractivity contribution in [1.82, 2.24) is 19.5 Å². The van der Waals surface area contributed by atoms with E-state index in [1.54, 1.807) is 16.7 Å². The Morgan fingerprint density at radius 2 is 2.00 bits per heavy atom. The largest absolute Gasteiger partial charge is 0.378 e. The van der Waals surface area contributed by atoms with Gasteiger partial charge in [-0.1, -0.05) is 24.5 Å². The van der Waals surface area contributed by atoms with Gasteiger partial charge in [0.05, 0.1) is 0 Å². The number of benzene rings is 1. The average Bonchev–Trinajstić information content (AvgIpc) is 3.07. The lowest BCUT2D eigenvalue weighted by atomic mass is 9.85. The molecule has 32 heavy (non-hydrogen) atoms. The number of fused-ring (bicyclic) bond motifs is 1. The van der Waals surface area contributed by atoms with Crippen molar-refractivity contribution in [1.29, 1.82) is 0 Å². The van der Waals surface area contributed by atoms with Crippen LogP contribution in [-0.4, -0.2) is 36.1 Å². The third-order valence-electron chi connectivity index (χ3n) is 5.61. The molecule has 5 N–H and O–H groups in total. The molecule has 1 aromatic carbocycles. The number of nitrogen functional groups attached to an aromatic ring is 1. The number of aliphatic hydroxyl groups is 1. The molecule has 0 radical (unpaired) electrons. The first kappa shape index (κ1) is 21.7. The summed E-state index contributed by atoms with van der Waals surface area (Å²) in [5.41, 5.74) is 12.1. The number of carbonyl (C=O) groups excluding carboxylic acids is 1. The van der Waals surface area contributed by atoms with E-state index in [0.717, 1.165) is 19.3 Å². The van der Waals surface area contributed by atoms with Crippen molar-refractivity contribution in [2.24, 2.45) is 5.73 Å². The predicted molar refractivity (Wildman–Crippen MR) is 118 cm³/mol. The fourth-order valence-electron chi connectivity index (χ4n) is 3.98. The number of hydrogen-bond acceptors (Lipinski definition) is 6. The smallest absolute Gasteiger partial charge is 0.217 e. The summed E-state index contributed by atoms with van der Waals surface area (Å²) in [6.45, 7) is 0.377. The van der Waals surface area contributed by atoms with Gasteiger partial charge in [-0.25, -0.2) is 19.3 Å². The van der Waals surface area contributed by atoms with Gasteiger partial charge in [-0.3, -0.25) is 9.36 Å². The van der Waals surface area contributed by atoms with Crippen LogP contribution in [0.1, 0.15) is 50.8 Å². The molecule has 1 fully saturated rings. The number of nitrogens with zero attached hydrogens (tertiary/aromatic N) is 4. The van der Waals surface area contributed by atoms with Gasteiger partial charge in [0, 0.05) is 18.5 Å². The van der Waals surface area contributed by atoms with Gasteiger partial charge in [-0.15, -0.1) is 0 Å². The molecule has 0 spiro atoms. The number of aryl methyl sites for hydroxylation is 1. The predicted octanol–water partition coefficient (Wildman–Crippen LogP) is 2.53. The zero-order valence-electron chi connectivity index (χ0n) is 17.6. The summed E-state index contributed by atoms with van der Waals surface area (Å²) < 4.78 is 15.6. The molecule has 0 bridgehead atoms. The maximum Gasteiger partial charge on any atom is 0.217 e. The fraction of sp³-hybridized carbons (Fsp3) is 0.391. The number of primary amides is 1. The highest BCUT2D eigenvalue weighted by Crippen LogP contribution is 2.29. The molecule has 3 aromatic rings. The Bertz CT molecular complexity index is 1220. The molecule has 0 saturated heterocycles. The monoisotopic (exact) mass is 436 g/mol. The molecule has 1 aliphatic rings. The highest BCUT2D eigenvalue weighted by Gasteiger charge is 2.27. The van der Waals surface area contributed by atoms with Gasteiger partial charge in [0.25, 0.3) is 0 Å². The summed E-state index contributed by atoms with van der Waals surface area (Å²) in [6.07, 6.45) is 4.80. The number of amides is 1. The SMILES string of the molecule is NC(=O)CCCn1c(N)nc2c(-c3cccc(F)c3)nc(C#CC3(O)CCCCC3)nc21. The van der Waals surface area contributed by atoms with Gasteiger partial charge >= 0.3 is 0 Å². The Morgan fingerprint density at radius 1 is 1.22 bits per heavy atom. The maximum atomic E-state index is 13.9. The van der Waals surface area contributed by atoms with Crippen LogP contribution < -0.4 is 11.5 Å². The molecule has 4 rings (SSSR count). The zero-order valence-corrected chi connectivity index (χ0v) is 17.6. The summed E-state index contributed by atoms with van der Waals surface area (Å²) in [5, 5.41) is 10.7. The lowest BCUT2D eigenvalue weighted by molar-refractivity contribution is -0.118. The number of aromatic nitrogens is 4. The molecular formula is C23H25FN6O2. The highest BCUT2D eigenvalue weighted by molar-refractivity contribution is 5.89. The minimum absolute atomic E-state index is 0.187. The first-order valence-electron chi connectivity index (χ1n) is 10.7. The second-order valence-electron chi connectivity index (χ2n) is 8.11. The van der Waals surface area contributed by atoms with Crippen LogP contribution >= 0.6 is 0 Å². The number of carbonyl (C=O) groups is 1. The lowest BCUT2D eigenvalue weighted by Gasteiger charge is -2.26. The van der Waals surface area contributed by atoms with Crippen LogP contribution in [0, 0.1) is 17.7 Å². The van der Waals surface area contributed by atoms with Gasteiger partial charge in [-0.05, 0) is 50.2 Å². The zero-order chi connectivity index (χ0) is 22.7. The quantitative estimate of drug-likeness (QED) is 0.527. The fourth-order valence-corrected chi connectivity index (χ4v) is 3.98. The summed E-state index contributed by atoms with van der Waals surface area (Å²) in [5.74, 6) is 5.42. The van der Waals surface area contributed by atoms with E-state index in [0.29, 0.717) is 48.2 Å². The van der Waals surface area contributed by atoms with Crippen molar-refractivity contribution in [2.75, 3.05) is 5.73 Å². The third-order valence-corrected chi connectivity index (χ3v) is 5.61. The van der Waals surface area contributed by atoms with Crippen LogP contribution in [0.15, 0.2) is 24.3 Å². The van der Waals surface area contributed by atoms with Crippen molar-refractivity contribution in [3.8, 4) is 23.1 Å². The number of imidazole rings is 1. The van der Waals surface area contributed by atoms with Crippen LogP contribution in [0.3, 0.4) is 0 Å². The van der Waals surface area contributed by atoms with Crippen LogP contribution in [0.4, 0.5) is 10.3 Å². The Hall–Kier alpha value is -3.51. The van der Waals surface area contributed by atoms with Crippen LogP contribution in [-0.2, 0) is 11.3 Å². The van der Waals surface area contributed by atoms with E-state index in [9.17, 15) is 14.3 Å². The second-order valence-corrected chi connectivity index (χ2v) is 8.11. The minimum atomic E-state index is -1.06. The van der Waals surface area contributed by atoms with E-state index in [2.05, 4.69) is 26.8 Å². The lowest BCUT2D eigenvalue weighted by Crippen LogP contribution is -2.29. The average molecular weight is 436 g/mol. The molecule has 1 saturated carbocycles. The molecule has 2 aromatic heterocycles. The van der Waals surface area contributed by atoms with E-state index in [4.69, 9.17) is 11.5 Å². The normalized spacial score (nSPS) is 15.3. The first-order valence-corrected chi connectivity index (χ1v) is 10.7. The molecule has 1 aliphatic carbocycles. The van der Waals surface area contributed by atoms with E-state index in [1.807, 2.05) is 0 Å². The van der Waals surface area contributed by atoms with Crippen molar-refractivity contribution in [2.45, 2.75) is 57.1 Å². The number of rotatable bonds is 5. The standard InChI is InChI=1S/C23H25FN6O2/c24-16-7-4-6-15(14-16)19-20-21(30(22(26)29-20)13-5-8-17(25)31)28-18(27-19)9-12-23(32)10-2-1-3-11-23/h4,6-7,14,32H,1-3,5,8,10-11,13H2,(H2,25,31)(H2,26,29). The molecular weight excluding hydrogens is 411 g/mol.